The molecular formula is C9H8ClN3O2. The summed E-state index contributed by atoms with van der Waals surface area (Å²) in [6, 6.07) is 0. The largest absolute Gasteiger partial charge is 0.461 e. The number of aromatic nitrogens is 3. The quantitative estimate of drug-likeness (QED) is 0.728. The van der Waals surface area contributed by atoms with Gasteiger partial charge in [-0.1, -0.05) is 11.6 Å². The second kappa shape index (κ2) is 3.86. The van der Waals surface area contributed by atoms with Gasteiger partial charge in [0, 0.05) is 18.6 Å². The molecule has 2 aromatic heterocycles. The fourth-order valence-corrected chi connectivity index (χ4v) is 1.43. The van der Waals surface area contributed by atoms with Crippen LogP contribution in [0.4, 0.5) is 0 Å². The number of esters is 1. The molecule has 0 fully saturated rings. The molecule has 0 aliphatic carbocycles. The Kier molecular flexibility index (Phi) is 2.55. The molecule has 0 aromatic carbocycles. The normalized spacial score (nSPS) is 10.5. The highest BCUT2D eigenvalue weighted by atomic mass is 35.5. The number of ether oxygens (including phenoxy) is 1. The molecule has 0 bridgehead atoms. The lowest BCUT2D eigenvalue weighted by molar-refractivity contribution is 0.0519. The molecule has 0 atom stereocenters. The summed E-state index contributed by atoms with van der Waals surface area (Å²) in [7, 11) is 0. The summed E-state index contributed by atoms with van der Waals surface area (Å²) in [5.74, 6) is -0.491. The van der Waals surface area contributed by atoms with E-state index >= 15 is 0 Å². The highest BCUT2D eigenvalue weighted by Gasteiger charge is 2.12. The molecule has 0 aliphatic rings. The molecule has 2 heterocycles. The molecule has 0 spiro atoms. The molecular weight excluding hydrogens is 218 g/mol. The summed E-state index contributed by atoms with van der Waals surface area (Å²) >= 11 is 5.85. The first kappa shape index (κ1) is 9.92. The minimum absolute atomic E-state index is 0.173. The summed E-state index contributed by atoms with van der Waals surface area (Å²) in [6.07, 6.45) is 4.80. The van der Waals surface area contributed by atoms with Gasteiger partial charge < -0.3 is 9.14 Å². The molecule has 0 N–H and O–H groups in total. The van der Waals surface area contributed by atoms with Gasteiger partial charge in [0.05, 0.1) is 6.61 Å². The van der Waals surface area contributed by atoms with Gasteiger partial charge in [0.15, 0.2) is 16.5 Å². The molecule has 2 rings (SSSR count). The van der Waals surface area contributed by atoms with Crippen LogP contribution in [0, 0.1) is 0 Å². The number of rotatable bonds is 2. The molecule has 0 amide bonds. The van der Waals surface area contributed by atoms with Crippen molar-refractivity contribution in [2.75, 3.05) is 6.61 Å². The van der Waals surface area contributed by atoms with Crippen molar-refractivity contribution in [3.63, 3.8) is 0 Å². The number of hydrogen-bond acceptors (Lipinski definition) is 4. The summed E-state index contributed by atoms with van der Waals surface area (Å²) in [5.41, 5.74) is 0.692. The average Bonchev–Trinajstić information content (AvgIpc) is 2.66. The minimum Gasteiger partial charge on any atom is -0.461 e. The second-order valence-electron chi connectivity index (χ2n) is 2.80. The van der Waals surface area contributed by atoms with Crippen molar-refractivity contribution in [3.8, 4) is 0 Å². The molecule has 6 heteroatoms. The number of imidazole rings is 1. The maximum absolute atomic E-state index is 11.4. The zero-order valence-corrected chi connectivity index (χ0v) is 8.73. The van der Waals surface area contributed by atoms with E-state index in [-0.39, 0.29) is 10.8 Å². The van der Waals surface area contributed by atoms with Crippen LogP contribution in [-0.2, 0) is 4.74 Å². The first-order chi connectivity index (χ1) is 7.22. The summed E-state index contributed by atoms with van der Waals surface area (Å²) in [5, 5.41) is 0.186. The fourth-order valence-electron chi connectivity index (χ4n) is 1.20. The van der Waals surface area contributed by atoms with Crippen molar-refractivity contribution in [3.05, 3.63) is 29.4 Å². The third-order valence-corrected chi connectivity index (χ3v) is 2.07. The van der Waals surface area contributed by atoms with E-state index in [0.717, 1.165) is 0 Å². The SMILES string of the molecule is CCOC(=O)c1cn2ccnc2c(Cl)n1. The molecule has 78 valence electrons. The van der Waals surface area contributed by atoms with Crippen LogP contribution in [0.1, 0.15) is 17.4 Å². The monoisotopic (exact) mass is 225 g/mol. The topological polar surface area (TPSA) is 56.5 Å². The van der Waals surface area contributed by atoms with E-state index in [9.17, 15) is 4.79 Å². The predicted molar refractivity (Wildman–Crippen MR) is 54.0 cm³/mol. The van der Waals surface area contributed by atoms with Crippen molar-refractivity contribution >= 4 is 23.2 Å². The van der Waals surface area contributed by atoms with Gasteiger partial charge in [-0.3, -0.25) is 0 Å². The Morgan fingerprint density at radius 3 is 3.20 bits per heavy atom. The van der Waals surface area contributed by atoms with Gasteiger partial charge in [-0.2, -0.15) is 0 Å². The zero-order chi connectivity index (χ0) is 10.8. The van der Waals surface area contributed by atoms with Gasteiger partial charge in [-0.05, 0) is 6.92 Å². The predicted octanol–water partition coefficient (Wildman–Crippen LogP) is 1.56. The average molecular weight is 226 g/mol. The van der Waals surface area contributed by atoms with Crippen LogP contribution in [-0.4, -0.2) is 26.9 Å². The van der Waals surface area contributed by atoms with Gasteiger partial charge >= 0.3 is 5.97 Å². The number of fused-ring (bicyclic) bond motifs is 1. The van der Waals surface area contributed by atoms with Gasteiger partial charge in [0.25, 0.3) is 0 Å². The van der Waals surface area contributed by atoms with Gasteiger partial charge in [-0.25, -0.2) is 14.8 Å². The van der Waals surface area contributed by atoms with Crippen LogP contribution < -0.4 is 0 Å². The summed E-state index contributed by atoms with van der Waals surface area (Å²) in [4.78, 5) is 19.3. The van der Waals surface area contributed by atoms with E-state index in [2.05, 4.69) is 9.97 Å². The van der Waals surface area contributed by atoms with Crippen LogP contribution in [0.2, 0.25) is 5.15 Å². The number of nitrogens with zero attached hydrogens (tertiary/aromatic N) is 3. The van der Waals surface area contributed by atoms with Crippen molar-refractivity contribution in [2.45, 2.75) is 6.92 Å². The Morgan fingerprint density at radius 1 is 1.67 bits per heavy atom. The fraction of sp³-hybridized carbons (Fsp3) is 0.222. The number of halogens is 1. The first-order valence-electron chi connectivity index (χ1n) is 4.38. The molecule has 15 heavy (non-hydrogen) atoms. The smallest absolute Gasteiger partial charge is 0.358 e. The molecule has 5 nitrogen and oxygen atoms in total. The lowest BCUT2D eigenvalue weighted by Gasteiger charge is -2.02. The molecule has 2 aromatic rings. The van der Waals surface area contributed by atoms with E-state index in [4.69, 9.17) is 16.3 Å². The van der Waals surface area contributed by atoms with E-state index in [0.29, 0.717) is 12.3 Å². The van der Waals surface area contributed by atoms with Crippen LogP contribution in [0.3, 0.4) is 0 Å². The molecule has 0 saturated heterocycles. The lowest BCUT2D eigenvalue weighted by Crippen LogP contribution is -2.08. The van der Waals surface area contributed by atoms with E-state index in [1.54, 1.807) is 23.7 Å². The van der Waals surface area contributed by atoms with Gasteiger partial charge in [-0.15, -0.1) is 0 Å². The highest BCUT2D eigenvalue weighted by molar-refractivity contribution is 6.32. The Balaban J connectivity index is 2.49. The third kappa shape index (κ3) is 1.78. The lowest BCUT2D eigenvalue weighted by atomic mass is 10.4. The molecule has 0 radical (unpaired) electrons. The van der Waals surface area contributed by atoms with Crippen molar-refractivity contribution in [2.24, 2.45) is 0 Å². The maximum Gasteiger partial charge on any atom is 0.358 e. The molecule has 0 unspecified atom stereocenters. The second-order valence-corrected chi connectivity index (χ2v) is 3.15. The van der Waals surface area contributed by atoms with Crippen molar-refractivity contribution < 1.29 is 9.53 Å². The van der Waals surface area contributed by atoms with E-state index in [1.807, 2.05) is 0 Å². The Hall–Kier alpha value is -1.62. The molecule has 0 saturated carbocycles. The van der Waals surface area contributed by atoms with Crippen LogP contribution in [0.5, 0.6) is 0 Å². The van der Waals surface area contributed by atoms with Gasteiger partial charge in [0.1, 0.15) is 0 Å². The van der Waals surface area contributed by atoms with Crippen molar-refractivity contribution in [1.82, 2.24) is 14.4 Å². The van der Waals surface area contributed by atoms with E-state index < -0.39 is 5.97 Å². The number of hydrogen-bond donors (Lipinski definition) is 0. The Labute approximate surface area is 90.7 Å². The van der Waals surface area contributed by atoms with E-state index in [1.165, 1.54) is 6.20 Å². The third-order valence-electron chi connectivity index (χ3n) is 1.82. The number of carbonyl (C=O) groups excluding carboxylic acids is 1. The highest BCUT2D eigenvalue weighted by Crippen LogP contribution is 2.13. The number of carbonyl (C=O) groups is 1. The summed E-state index contributed by atoms with van der Waals surface area (Å²) in [6.45, 7) is 2.04. The maximum atomic E-state index is 11.4. The zero-order valence-electron chi connectivity index (χ0n) is 7.98. The Bertz CT molecular complexity index is 509. The van der Waals surface area contributed by atoms with Gasteiger partial charge in [0.2, 0.25) is 0 Å². The Morgan fingerprint density at radius 2 is 2.47 bits per heavy atom. The van der Waals surface area contributed by atoms with Crippen molar-refractivity contribution in [1.29, 1.82) is 0 Å². The van der Waals surface area contributed by atoms with Crippen LogP contribution >= 0.6 is 11.6 Å². The van der Waals surface area contributed by atoms with Crippen LogP contribution in [0.15, 0.2) is 18.6 Å². The molecule has 0 aliphatic heterocycles. The first-order valence-corrected chi connectivity index (χ1v) is 4.76. The summed E-state index contributed by atoms with van der Waals surface area (Å²) < 4.78 is 6.44. The van der Waals surface area contributed by atoms with Crippen LogP contribution in [0.25, 0.3) is 5.65 Å². The standard InChI is InChI=1S/C9H8ClN3O2/c1-2-15-9(14)6-5-13-4-3-11-8(13)7(10)12-6/h3-5H,2H2,1H3. The minimum atomic E-state index is -0.491.